The van der Waals surface area contributed by atoms with Crippen LogP contribution < -0.4 is 10.5 Å². The van der Waals surface area contributed by atoms with Gasteiger partial charge in [0, 0.05) is 35.8 Å². The summed E-state index contributed by atoms with van der Waals surface area (Å²) in [4.78, 5) is 22.1. The molecule has 2 aromatic heterocycles. The molecule has 2 aromatic carbocycles. The Morgan fingerprint density at radius 3 is 2.64 bits per heavy atom. The molecule has 0 aliphatic carbocycles. The number of fused-ring (bicyclic) bond motifs is 1. The van der Waals surface area contributed by atoms with Crippen LogP contribution in [0.15, 0.2) is 53.6 Å². The van der Waals surface area contributed by atoms with E-state index in [1.165, 1.54) is 30.6 Å². The van der Waals surface area contributed by atoms with Crippen LogP contribution in [0, 0.1) is 11.6 Å². The summed E-state index contributed by atoms with van der Waals surface area (Å²) in [7, 11) is 0. The molecule has 0 amide bonds. The van der Waals surface area contributed by atoms with E-state index >= 15 is 4.39 Å². The lowest BCUT2D eigenvalue weighted by Gasteiger charge is -2.29. The number of ether oxygens (including phenoxy) is 1. The van der Waals surface area contributed by atoms with E-state index < -0.39 is 15.6 Å². The summed E-state index contributed by atoms with van der Waals surface area (Å²) in [6.45, 7) is 2.84. The predicted octanol–water partition coefficient (Wildman–Crippen LogP) is 4.02. The van der Waals surface area contributed by atoms with E-state index in [2.05, 4.69) is 25.1 Å². The van der Waals surface area contributed by atoms with Crippen LogP contribution in [0.4, 0.5) is 14.5 Å². The third-order valence-electron chi connectivity index (χ3n) is 5.59. The normalized spacial score (nSPS) is 15.1. The Balaban J connectivity index is 1.60. The number of aromatic nitrogens is 4. The largest absolute Gasteiger partial charge is 0.378 e. The van der Waals surface area contributed by atoms with Gasteiger partial charge in [-0.15, -0.1) is 0 Å². The minimum absolute atomic E-state index is 0.184. The molecule has 1 saturated heterocycles. The fourth-order valence-corrected chi connectivity index (χ4v) is 4.73. The Bertz CT molecular complexity index is 1370. The molecular formula is C23H18F2IN5O2. The zero-order valence-electron chi connectivity index (χ0n) is 17.3. The molecule has 1 atom stereocenters. The van der Waals surface area contributed by atoms with Gasteiger partial charge in [-0.1, -0.05) is 28.7 Å². The summed E-state index contributed by atoms with van der Waals surface area (Å²) in [6, 6.07) is 11.1. The number of hydrogen-bond acceptors (Lipinski definition) is 6. The second-order valence-corrected chi connectivity index (χ2v) is 8.80. The molecule has 168 valence electrons. The van der Waals surface area contributed by atoms with Gasteiger partial charge in [0.1, 0.15) is 18.0 Å². The van der Waals surface area contributed by atoms with E-state index in [0.29, 0.717) is 29.8 Å². The van der Waals surface area contributed by atoms with Gasteiger partial charge in [-0.05, 0) is 30.3 Å². The van der Waals surface area contributed by atoms with Gasteiger partial charge in [-0.3, -0.25) is 4.79 Å². The SMILES string of the molecule is O=c1ccc(C(I)c2ccc(F)c(-c3ncnc4cc(N5CCOCC5)ccc34)c2F)n[nH]1. The lowest BCUT2D eigenvalue weighted by atomic mass is 9.99. The third-order valence-corrected chi connectivity index (χ3v) is 6.90. The summed E-state index contributed by atoms with van der Waals surface area (Å²) < 4.78 is 35.5. The molecule has 0 spiro atoms. The molecule has 10 heteroatoms. The quantitative estimate of drug-likeness (QED) is 0.300. The van der Waals surface area contributed by atoms with Crippen molar-refractivity contribution < 1.29 is 13.5 Å². The first-order chi connectivity index (χ1) is 16.0. The smallest absolute Gasteiger partial charge is 0.264 e. The Morgan fingerprint density at radius 2 is 1.88 bits per heavy atom. The molecular weight excluding hydrogens is 543 g/mol. The number of aromatic amines is 1. The monoisotopic (exact) mass is 561 g/mol. The van der Waals surface area contributed by atoms with E-state index in [1.54, 1.807) is 6.07 Å². The number of alkyl halides is 1. The second kappa shape index (κ2) is 9.10. The maximum Gasteiger partial charge on any atom is 0.264 e. The van der Waals surface area contributed by atoms with Crippen LogP contribution in [0.3, 0.4) is 0 Å². The molecule has 0 saturated carbocycles. The van der Waals surface area contributed by atoms with Crippen molar-refractivity contribution in [3.8, 4) is 11.3 Å². The molecule has 5 rings (SSSR count). The number of nitrogens with one attached hydrogen (secondary N) is 1. The Kier molecular flexibility index (Phi) is 6.02. The molecule has 1 N–H and O–H groups in total. The first-order valence-electron chi connectivity index (χ1n) is 10.3. The van der Waals surface area contributed by atoms with Gasteiger partial charge in [-0.25, -0.2) is 23.8 Å². The Morgan fingerprint density at radius 1 is 1.06 bits per heavy atom. The summed E-state index contributed by atoms with van der Waals surface area (Å²) >= 11 is 2.01. The van der Waals surface area contributed by atoms with Gasteiger partial charge in [0.2, 0.25) is 0 Å². The standard InChI is InChI=1S/C23H18F2IN5O2/c24-16-4-3-15(22(26)17-5-6-19(32)30-29-17)21(25)20(16)23-14-2-1-13(11-18(14)27-12-28-23)31-7-9-33-10-8-31/h1-6,11-12,22H,7-10H2,(H,30,32). The predicted molar refractivity (Wildman–Crippen MR) is 129 cm³/mol. The van der Waals surface area contributed by atoms with Gasteiger partial charge < -0.3 is 9.64 Å². The lowest BCUT2D eigenvalue weighted by molar-refractivity contribution is 0.122. The second-order valence-electron chi connectivity index (χ2n) is 7.56. The minimum Gasteiger partial charge on any atom is -0.378 e. The van der Waals surface area contributed by atoms with Crippen molar-refractivity contribution in [2.24, 2.45) is 0 Å². The molecule has 0 bridgehead atoms. The van der Waals surface area contributed by atoms with Gasteiger partial charge >= 0.3 is 0 Å². The fourth-order valence-electron chi connectivity index (χ4n) is 3.90. The molecule has 1 aliphatic heterocycles. The van der Waals surface area contributed by atoms with Crippen LogP contribution in [0.5, 0.6) is 0 Å². The van der Waals surface area contributed by atoms with Crippen LogP contribution in [0.1, 0.15) is 15.2 Å². The first-order valence-corrected chi connectivity index (χ1v) is 11.5. The number of hydrogen-bond donors (Lipinski definition) is 1. The van der Waals surface area contributed by atoms with Crippen LogP contribution in [-0.2, 0) is 4.74 Å². The summed E-state index contributed by atoms with van der Waals surface area (Å²) in [5.74, 6) is -1.44. The lowest BCUT2D eigenvalue weighted by Crippen LogP contribution is -2.36. The van der Waals surface area contributed by atoms with Crippen LogP contribution in [0.2, 0.25) is 0 Å². The van der Waals surface area contributed by atoms with Crippen molar-refractivity contribution in [2.75, 3.05) is 31.2 Å². The van der Waals surface area contributed by atoms with Crippen LogP contribution >= 0.6 is 22.6 Å². The number of anilines is 1. The van der Waals surface area contributed by atoms with E-state index in [-0.39, 0.29) is 22.4 Å². The maximum absolute atomic E-state index is 15.7. The Hall–Kier alpha value is -2.99. The van der Waals surface area contributed by atoms with Crippen molar-refractivity contribution in [1.29, 1.82) is 0 Å². The fraction of sp³-hybridized carbons (Fsp3) is 0.217. The Labute approximate surface area is 201 Å². The average Bonchev–Trinajstić information content (AvgIpc) is 2.84. The van der Waals surface area contributed by atoms with Crippen molar-refractivity contribution in [3.05, 3.63) is 82.0 Å². The number of nitrogens with zero attached hydrogens (tertiary/aromatic N) is 4. The number of rotatable bonds is 4. The van der Waals surface area contributed by atoms with Gasteiger partial charge in [0.05, 0.1) is 39.6 Å². The molecule has 1 aliphatic rings. The van der Waals surface area contributed by atoms with Crippen molar-refractivity contribution in [2.45, 2.75) is 3.92 Å². The maximum atomic E-state index is 15.7. The van der Waals surface area contributed by atoms with Crippen LogP contribution in [-0.4, -0.2) is 46.5 Å². The highest BCUT2D eigenvalue weighted by Gasteiger charge is 2.24. The molecule has 0 radical (unpaired) electrons. The summed E-state index contributed by atoms with van der Waals surface area (Å²) in [6.07, 6.45) is 1.32. The molecule has 33 heavy (non-hydrogen) atoms. The number of H-pyrrole nitrogens is 1. The summed E-state index contributed by atoms with van der Waals surface area (Å²) in [5.41, 5.74) is 1.88. The molecule has 7 nitrogen and oxygen atoms in total. The van der Waals surface area contributed by atoms with Crippen LogP contribution in [0.25, 0.3) is 22.2 Å². The van der Waals surface area contributed by atoms with Gasteiger partial charge in [0.15, 0.2) is 0 Å². The molecule has 1 fully saturated rings. The zero-order chi connectivity index (χ0) is 22.9. The van der Waals surface area contributed by atoms with Crippen molar-refractivity contribution >= 4 is 39.2 Å². The van der Waals surface area contributed by atoms with E-state index in [1.807, 2.05) is 34.7 Å². The number of halogens is 3. The van der Waals surface area contributed by atoms with Crippen molar-refractivity contribution in [1.82, 2.24) is 20.2 Å². The van der Waals surface area contributed by atoms with E-state index in [9.17, 15) is 9.18 Å². The molecule has 4 aromatic rings. The molecule has 1 unspecified atom stereocenters. The third kappa shape index (κ3) is 4.20. The summed E-state index contributed by atoms with van der Waals surface area (Å²) in [5, 5.41) is 6.88. The van der Waals surface area contributed by atoms with Crippen molar-refractivity contribution in [3.63, 3.8) is 0 Å². The zero-order valence-corrected chi connectivity index (χ0v) is 19.4. The average molecular weight is 561 g/mol. The molecule has 3 heterocycles. The highest BCUT2D eigenvalue weighted by molar-refractivity contribution is 14.1. The van der Waals surface area contributed by atoms with Gasteiger partial charge in [-0.2, -0.15) is 5.10 Å². The van der Waals surface area contributed by atoms with E-state index in [4.69, 9.17) is 4.74 Å². The minimum atomic E-state index is -0.723. The van der Waals surface area contributed by atoms with Gasteiger partial charge in [0.25, 0.3) is 5.56 Å². The highest BCUT2D eigenvalue weighted by atomic mass is 127. The topological polar surface area (TPSA) is 84.0 Å². The highest BCUT2D eigenvalue weighted by Crippen LogP contribution is 2.38. The number of benzene rings is 2. The van der Waals surface area contributed by atoms with E-state index in [0.717, 1.165) is 18.8 Å². The number of morpholine rings is 1. The first kappa shape index (κ1) is 21.8.